The normalized spacial score (nSPS) is 11.5. The van der Waals surface area contributed by atoms with E-state index in [1.165, 1.54) is 36.4 Å². The molecule has 31 heavy (non-hydrogen) atoms. The number of hydrogen-bond acceptors (Lipinski definition) is 3. The summed E-state index contributed by atoms with van der Waals surface area (Å²) in [7, 11) is -4.04. The second-order valence-corrected chi connectivity index (χ2v) is 10.1. The van der Waals surface area contributed by atoms with E-state index in [0.717, 1.165) is 4.31 Å². The Kier molecular flexibility index (Phi) is 7.86. The molecule has 3 rings (SSSR count). The highest BCUT2D eigenvalue weighted by atomic mass is 35.5. The van der Waals surface area contributed by atoms with E-state index in [2.05, 4.69) is 5.32 Å². The third-order valence-corrected chi connectivity index (χ3v) is 7.27. The average Bonchev–Trinajstić information content (AvgIpc) is 2.72. The quantitative estimate of drug-likeness (QED) is 0.410. The summed E-state index contributed by atoms with van der Waals surface area (Å²) in [6.45, 7) is -0.583. The van der Waals surface area contributed by atoms with Crippen LogP contribution in [0.3, 0.4) is 0 Å². The minimum absolute atomic E-state index is 0.00228. The van der Waals surface area contributed by atoms with Crippen molar-refractivity contribution in [3.8, 4) is 0 Å². The first-order chi connectivity index (χ1) is 14.7. The van der Waals surface area contributed by atoms with Gasteiger partial charge in [-0.1, -0.05) is 64.6 Å². The monoisotopic (exact) mass is 516 g/mol. The molecule has 162 valence electrons. The fourth-order valence-electron chi connectivity index (χ4n) is 2.74. The minimum atomic E-state index is -4.04. The summed E-state index contributed by atoms with van der Waals surface area (Å²) < 4.78 is 27.6. The van der Waals surface area contributed by atoms with Gasteiger partial charge in [0.25, 0.3) is 0 Å². The van der Waals surface area contributed by atoms with E-state index >= 15 is 0 Å². The molecule has 10 heteroatoms. The zero-order valence-electron chi connectivity index (χ0n) is 15.9. The molecule has 1 amide bonds. The second-order valence-electron chi connectivity index (χ2n) is 6.49. The maximum Gasteiger partial charge on any atom is 0.243 e. The molecule has 0 spiro atoms. The molecule has 0 radical (unpaired) electrons. The lowest BCUT2D eigenvalue weighted by atomic mass is 10.2. The van der Waals surface area contributed by atoms with Gasteiger partial charge in [0.05, 0.1) is 22.2 Å². The summed E-state index contributed by atoms with van der Waals surface area (Å²) in [6, 6.07) is 17.1. The lowest BCUT2D eigenvalue weighted by Crippen LogP contribution is -2.37. The molecule has 0 unspecified atom stereocenters. The third kappa shape index (κ3) is 6.13. The smallest absolute Gasteiger partial charge is 0.243 e. The summed E-state index contributed by atoms with van der Waals surface area (Å²) >= 11 is 24.1. The molecule has 0 saturated carbocycles. The standard InChI is InChI=1S/C21H16Cl4N2O3S/c22-15-5-8-17(9-6-15)31(29,30)27(12-14-3-1-2-4-18(14)24)13-21(28)26-20-11-16(23)7-10-19(20)25/h1-11H,12-13H2,(H,26,28). The number of nitrogens with zero attached hydrogens (tertiary/aromatic N) is 1. The van der Waals surface area contributed by atoms with Gasteiger partial charge in [-0.3, -0.25) is 4.79 Å². The Morgan fingerprint density at radius 2 is 1.48 bits per heavy atom. The average molecular weight is 518 g/mol. The first-order valence-electron chi connectivity index (χ1n) is 8.91. The van der Waals surface area contributed by atoms with Crippen molar-refractivity contribution in [2.45, 2.75) is 11.4 Å². The van der Waals surface area contributed by atoms with E-state index in [4.69, 9.17) is 46.4 Å². The molecular formula is C21H16Cl4N2O3S. The van der Waals surface area contributed by atoms with Crippen LogP contribution in [0.1, 0.15) is 5.56 Å². The molecule has 0 fully saturated rings. The largest absolute Gasteiger partial charge is 0.324 e. The molecule has 0 aliphatic carbocycles. The predicted molar refractivity (Wildman–Crippen MR) is 126 cm³/mol. The Bertz CT molecular complexity index is 1200. The van der Waals surface area contributed by atoms with Crippen LogP contribution < -0.4 is 5.32 Å². The fraction of sp³-hybridized carbons (Fsp3) is 0.0952. The van der Waals surface area contributed by atoms with Crippen molar-refractivity contribution in [2.24, 2.45) is 0 Å². The van der Waals surface area contributed by atoms with Crippen molar-refractivity contribution >= 4 is 68.0 Å². The SMILES string of the molecule is O=C(CN(Cc1ccccc1Cl)S(=O)(=O)c1ccc(Cl)cc1)Nc1cc(Cl)ccc1Cl. The van der Waals surface area contributed by atoms with Crippen LogP contribution >= 0.6 is 46.4 Å². The maximum absolute atomic E-state index is 13.3. The zero-order chi connectivity index (χ0) is 22.6. The van der Waals surface area contributed by atoms with Crippen molar-refractivity contribution in [3.05, 3.63) is 92.4 Å². The van der Waals surface area contributed by atoms with Gasteiger partial charge in [-0.2, -0.15) is 4.31 Å². The number of hydrogen-bond donors (Lipinski definition) is 1. The number of rotatable bonds is 7. The summed E-state index contributed by atoms with van der Waals surface area (Å²) in [6.07, 6.45) is 0. The van der Waals surface area contributed by atoms with Gasteiger partial charge in [0.15, 0.2) is 0 Å². The van der Waals surface area contributed by atoms with Gasteiger partial charge in [-0.15, -0.1) is 0 Å². The molecule has 5 nitrogen and oxygen atoms in total. The lowest BCUT2D eigenvalue weighted by molar-refractivity contribution is -0.116. The molecule has 0 aromatic heterocycles. The van der Waals surface area contributed by atoms with Crippen LogP contribution in [0.25, 0.3) is 0 Å². The molecule has 1 N–H and O–H groups in total. The summed E-state index contributed by atoms with van der Waals surface area (Å²) in [5.41, 5.74) is 0.830. The van der Waals surface area contributed by atoms with Crippen LogP contribution in [0.15, 0.2) is 71.6 Å². The minimum Gasteiger partial charge on any atom is -0.324 e. The van der Waals surface area contributed by atoms with Gasteiger partial charge in [-0.05, 0) is 54.1 Å². The van der Waals surface area contributed by atoms with Crippen LogP contribution in [-0.2, 0) is 21.4 Å². The molecule has 3 aromatic carbocycles. The summed E-state index contributed by atoms with van der Waals surface area (Å²) in [4.78, 5) is 12.7. The number of nitrogens with one attached hydrogen (secondary N) is 1. The van der Waals surface area contributed by atoms with Crippen LogP contribution in [0.5, 0.6) is 0 Å². The van der Waals surface area contributed by atoms with E-state index < -0.39 is 22.5 Å². The summed E-state index contributed by atoms with van der Waals surface area (Å²) in [5, 5.41) is 4.03. The van der Waals surface area contributed by atoms with Gasteiger partial charge in [0.1, 0.15) is 0 Å². The Balaban J connectivity index is 1.91. The molecule has 0 saturated heterocycles. The molecule has 0 atom stereocenters. The van der Waals surface area contributed by atoms with Crippen molar-refractivity contribution in [2.75, 3.05) is 11.9 Å². The third-order valence-electron chi connectivity index (χ3n) is 4.28. The van der Waals surface area contributed by atoms with E-state index in [-0.39, 0.29) is 22.2 Å². The highest BCUT2D eigenvalue weighted by molar-refractivity contribution is 7.89. The van der Waals surface area contributed by atoms with E-state index in [1.807, 2.05) is 0 Å². The van der Waals surface area contributed by atoms with E-state index in [0.29, 0.717) is 20.6 Å². The van der Waals surface area contributed by atoms with Crippen molar-refractivity contribution in [1.29, 1.82) is 0 Å². The lowest BCUT2D eigenvalue weighted by Gasteiger charge is -2.22. The van der Waals surface area contributed by atoms with Gasteiger partial charge < -0.3 is 5.32 Å². The van der Waals surface area contributed by atoms with Gasteiger partial charge >= 0.3 is 0 Å². The maximum atomic E-state index is 13.3. The van der Waals surface area contributed by atoms with Gasteiger partial charge in [0.2, 0.25) is 15.9 Å². The number of anilines is 1. The Morgan fingerprint density at radius 1 is 0.839 bits per heavy atom. The number of carbonyl (C=O) groups is 1. The Hall–Kier alpha value is -1.80. The number of halogens is 4. The summed E-state index contributed by atoms with van der Waals surface area (Å²) in [5.74, 6) is -0.589. The number of sulfonamides is 1. The Morgan fingerprint density at radius 3 is 2.16 bits per heavy atom. The van der Waals surface area contributed by atoms with Crippen LogP contribution in [0.4, 0.5) is 5.69 Å². The first-order valence-corrected chi connectivity index (χ1v) is 11.9. The molecule has 0 aliphatic rings. The number of amides is 1. The van der Waals surface area contributed by atoms with Crippen molar-refractivity contribution < 1.29 is 13.2 Å². The topological polar surface area (TPSA) is 66.5 Å². The van der Waals surface area contributed by atoms with E-state index in [9.17, 15) is 13.2 Å². The van der Waals surface area contributed by atoms with Gasteiger partial charge in [0, 0.05) is 21.6 Å². The highest BCUT2D eigenvalue weighted by Gasteiger charge is 2.28. The fourth-order valence-corrected chi connectivity index (χ4v) is 4.77. The predicted octanol–water partition coefficient (Wildman–Crippen LogP) is 6.13. The molecule has 0 heterocycles. The molecule has 0 bridgehead atoms. The second kappa shape index (κ2) is 10.2. The van der Waals surface area contributed by atoms with Crippen LogP contribution in [-0.4, -0.2) is 25.2 Å². The van der Waals surface area contributed by atoms with Crippen molar-refractivity contribution in [3.63, 3.8) is 0 Å². The Labute approximate surface area is 200 Å². The van der Waals surface area contributed by atoms with E-state index in [1.54, 1.807) is 30.3 Å². The number of benzene rings is 3. The zero-order valence-corrected chi connectivity index (χ0v) is 19.7. The number of carbonyl (C=O) groups excluding carboxylic acids is 1. The van der Waals surface area contributed by atoms with Crippen LogP contribution in [0.2, 0.25) is 20.1 Å². The molecule has 0 aliphatic heterocycles. The molecule has 3 aromatic rings. The van der Waals surface area contributed by atoms with Crippen LogP contribution in [0, 0.1) is 0 Å². The first kappa shape index (κ1) is 23.9. The van der Waals surface area contributed by atoms with Gasteiger partial charge in [-0.25, -0.2) is 8.42 Å². The molecular weight excluding hydrogens is 502 g/mol. The highest BCUT2D eigenvalue weighted by Crippen LogP contribution is 2.27. The van der Waals surface area contributed by atoms with Crippen molar-refractivity contribution in [1.82, 2.24) is 4.31 Å².